The van der Waals surface area contributed by atoms with Crippen molar-refractivity contribution in [2.45, 2.75) is 26.2 Å². The molecule has 0 heterocycles. The average Bonchev–Trinajstić information content (AvgIpc) is 2.39. The zero-order valence-corrected chi connectivity index (χ0v) is 11.1. The molecule has 2 N–H and O–H groups in total. The van der Waals surface area contributed by atoms with Gasteiger partial charge in [0.05, 0.1) is 6.07 Å². The number of nitrogens with one attached hydrogen (secondary N) is 2. The highest BCUT2D eigenvalue weighted by atomic mass is 16.2. The molecule has 0 saturated carbocycles. The van der Waals surface area contributed by atoms with E-state index in [0.717, 1.165) is 0 Å². The highest BCUT2D eigenvalue weighted by Gasteiger charge is 2.05. The molecule has 0 aliphatic rings. The topological polar surface area (TPSA) is 99.1 Å². The number of hydrogen-bond acceptors (Lipinski definition) is 4. The normalized spacial score (nSPS) is 9.40. The van der Waals surface area contributed by atoms with E-state index in [4.69, 9.17) is 5.26 Å². The van der Waals surface area contributed by atoms with E-state index in [1.165, 1.54) is 6.92 Å². The first kappa shape index (κ1) is 15.4. The van der Waals surface area contributed by atoms with Crippen LogP contribution in [0.4, 0.5) is 11.4 Å². The van der Waals surface area contributed by atoms with Gasteiger partial charge >= 0.3 is 0 Å². The van der Waals surface area contributed by atoms with Crippen LogP contribution in [0.5, 0.6) is 0 Å². The molecule has 0 aliphatic heterocycles. The fourth-order valence-electron chi connectivity index (χ4n) is 1.43. The van der Waals surface area contributed by atoms with E-state index < -0.39 is 0 Å². The summed E-state index contributed by atoms with van der Waals surface area (Å²) in [6.45, 7) is 1.44. The van der Waals surface area contributed by atoms with Crippen molar-refractivity contribution < 1.29 is 14.4 Å². The molecule has 1 rings (SSSR count). The molecule has 0 aliphatic carbocycles. The van der Waals surface area contributed by atoms with Crippen molar-refractivity contribution in [2.75, 3.05) is 10.6 Å². The van der Waals surface area contributed by atoms with Crippen LogP contribution in [-0.2, 0) is 14.4 Å². The van der Waals surface area contributed by atoms with Crippen LogP contribution in [0.3, 0.4) is 0 Å². The molecule has 0 saturated heterocycles. The number of carbonyl (C=O) groups is 3. The molecule has 0 spiro atoms. The number of nitrogens with zero attached hydrogens (tertiary/aromatic N) is 1. The minimum absolute atomic E-state index is 0.0318. The van der Waals surface area contributed by atoms with E-state index in [9.17, 15) is 14.4 Å². The quantitative estimate of drug-likeness (QED) is 0.826. The number of Topliss-reactive ketones (excluding diaryl/α,β-unsaturated/α-hetero) is 1. The monoisotopic (exact) mass is 273 g/mol. The largest absolute Gasteiger partial charge is 0.326 e. The third-order valence-corrected chi connectivity index (χ3v) is 2.40. The van der Waals surface area contributed by atoms with Crippen LogP contribution in [0.1, 0.15) is 26.2 Å². The summed E-state index contributed by atoms with van der Waals surface area (Å²) in [4.78, 5) is 33.4. The lowest BCUT2D eigenvalue weighted by atomic mass is 10.2. The van der Waals surface area contributed by atoms with Crippen LogP contribution in [0.15, 0.2) is 24.3 Å². The Labute approximate surface area is 116 Å². The van der Waals surface area contributed by atoms with Gasteiger partial charge in [0.25, 0.3) is 0 Å². The van der Waals surface area contributed by atoms with Gasteiger partial charge in [0.1, 0.15) is 12.2 Å². The maximum Gasteiger partial charge on any atom is 0.238 e. The summed E-state index contributed by atoms with van der Waals surface area (Å²) in [5, 5.41) is 13.6. The van der Waals surface area contributed by atoms with Crippen LogP contribution in [0, 0.1) is 11.3 Å². The summed E-state index contributed by atoms with van der Waals surface area (Å²) in [6.07, 6.45) is 0.160. The van der Waals surface area contributed by atoms with Crippen molar-refractivity contribution in [1.29, 1.82) is 5.26 Å². The Morgan fingerprint density at radius 2 is 1.50 bits per heavy atom. The molecule has 2 amide bonds. The highest BCUT2D eigenvalue weighted by molar-refractivity contribution is 5.94. The van der Waals surface area contributed by atoms with Crippen molar-refractivity contribution in [2.24, 2.45) is 0 Å². The standard InChI is InChI=1S/C14H15N3O3/c1-10(18)2-7-13(19)16-11-3-5-12(6-4-11)17-14(20)8-9-15/h3-6H,2,7-8H2,1H3,(H,16,19)(H,17,20). The Balaban J connectivity index is 2.50. The van der Waals surface area contributed by atoms with Gasteiger partial charge in [-0.2, -0.15) is 5.26 Å². The molecule has 0 unspecified atom stereocenters. The second-order valence-electron chi connectivity index (χ2n) is 4.21. The molecular formula is C14H15N3O3. The molecule has 0 bridgehead atoms. The zero-order chi connectivity index (χ0) is 15.0. The Morgan fingerprint density at radius 3 is 1.95 bits per heavy atom. The van der Waals surface area contributed by atoms with Gasteiger partial charge in [-0.1, -0.05) is 0 Å². The third-order valence-electron chi connectivity index (χ3n) is 2.40. The van der Waals surface area contributed by atoms with Crippen molar-refractivity contribution in [3.05, 3.63) is 24.3 Å². The maximum absolute atomic E-state index is 11.5. The second kappa shape index (κ2) is 7.69. The summed E-state index contributed by atoms with van der Waals surface area (Å²) < 4.78 is 0. The SMILES string of the molecule is CC(=O)CCC(=O)Nc1ccc(NC(=O)CC#N)cc1. The first-order chi connectivity index (χ1) is 9.51. The number of hydrogen-bond donors (Lipinski definition) is 2. The molecule has 0 atom stereocenters. The first-order valence-electron chi connectivity index (χ1n) is 6.07. The molecule has 6 nitrogen and oxygen atoms in total. The molecule has 20 heavy (non-hydrogen) atoms. The summed E-state index contributed by atoms with van der Waals surface area (Å²) in [5.41, 5.74) is 1.13. The van der Waals surface area contributed by atoms with Crippen LogP contribution in [-0.4, -0.2) is 17.6 Å². The lowest BCUT2D eigenvalue weighted by molar-refractivity contribution is -0.121. The number of carbonyl (C=O) groups excluding carboxylic acids is 3. The van der Waals surface area contributed by atoms with Crippen LogP contribution >= 0.6 is 0 Å². The number of amides is 2. The number of ketones is 1. The Bertz CT molecular complexity index is 544. The summed E-state index contributed by atoms with van der Waals surface area (Å²) in [5.74, 6) is -0.650. The minimum atomic E-state index is -0.384. The molecule has 0 aromatic heterocycles. The van der Waals surface area contributed by atoms with Gasteiger partial charge in [0.15, 0.2) is 0 Å². The van der Waals surface area contributed by atoms with Crippen LogP contribution in [0.25, 0.3) is 0 Å². The lowest BCUT2D eigenvalue weighted by Gasteiger charge is -2.06. The number of rotatable bonds is 6. The van der Waals surface area contributed by atoms with Crippen LogP contribution < -0.4 is 10.6 Å². The molecule has 0 fully saturated rings. The molecule has 6 heteroatoms. The van der Waals surface area contributed by atoms with E-state index >= 15 is 0 Å². The van der Waals surface area contributed by atoms with Crippen molar-refractivity contribution >= 4 is 29.0 Å². The molecule has 104 valence electrons. The molecule has 1 aromatic carbocycles. The fourth-order valence-corrected chi connectivity index (χ4v) is 1.43. The predicted molar refractivity (Wildman–Crippen MR) is 73.8 cm³/mol. The number of nitriles is 1. The van der Waals surface area contributed by atoms with Gasteiger partial charge in [0.2, 0.25) is 11.8 Å². The predicted octanol–water partition coefficient (Wildman–Crippen LogP) is 1.85. The van der Waals surface area contributed by atoms with Crippen molar-refractivity contribution in [3.63, 3.8) is 0 Å². The highest BCUT2D eigenvalue weighted by Crippen LogP contribution is 2.14. The van der Waals surface area contributed by atoms with Gasteiger partial charge in [-0.3, -0.25) is 9.59 Å². The van der Waals surface area contributed by atoms with E-state index in [1.54, 1.807) is 30.3 Å². The van der Waals surface area contributed by atoms with Gasteiger partial charge in [-0.05, 0) is 31.2 Å². The molecule has 1 aromatic rings. The van der Waals surface area contributed by atoms with Gasteiger partial charge < -0.3 is 15.4 Å². The summed E-state index contributed by atoms with van der Waals surface area (Å²) >= 11 is 0. The lowest BCUT2D eigenvalue weighted by Crippen LogP contribution is -2.13. The third kappa shape index (κ3) is 5.78. The first-order valence-corrected chi connectivity index (χ1v) is 6.07. The Morgan fingerprint density at radius 1 is 1.00 bits per heavy atom. The van der Waals surface area contributed by atoms with Gasteiger partial charge in [-0.15, -0.1) is 0 Å². The fraction of sp³-hybridized carbons (Fsp3) is 0.286. The Hall–Kier alpha value is -2.68. The summed E-state index contributed by atoms with van der Waals surface area (Å²) in [7, 11) is 0. The maximum atomic E-state index is 11.5. The van der Waals surface area contributed by atoms with E-state index in [-0.39, 0.29) is 36.9 Å². The number of benzene rings is 1. The van der Waals surface area contributed by atoms with Crippen molar-refractivity contribution in [1.82, 2.24) is 0 Å². The van der Waals surface area contributed by atoms with Crippen molar-refractivity contribution in [3.8, 4) is 6.07 Å². The van der Waals surface area contributed by atoms with E-state index in [2.05, 4.69) is 10.6 Å². The molecule has 0 radical (unpaired) electrons. The second-order valence-corrected chi connectivity index (χ2v) is 4.21. The zero-order valence-electron chi connectivity index (χ0n) is 11.1. The molecular weight excluding hydrogens is 258 g/mol. The Kier molecular flexibility index (Phi) is 5.91. The number of anilines is 2. The smallest absolute Gasteiger partial charge is 0.238 e. The summed E-state index contributed by atoms with van der Waals surface area (Å²) in [6, 6.07) is 8.26. The van der Waals surface area contributed by atoms with Gasteiger partial charge in [-0.25, -0.2) is 0 Å². The minimum Gasteiger partial charge on any atom is -0.326 e. The van der Waals surface area contributed by atoms with Gasteiger partial charge in [0, 0.05) is 24.2 Å². The van der Waals surface area contributed by atoms with E-state index in [0.29, 0.717) is 11.4 Å². The van der Waals surface area contributed by atoms with Crippen LogP contribution in [0.2, 0.25) is 0 Å². The van der Waals surface area contributed by atoms with E-state index in [1.807, 2.05) is 0 Å². The average molecular weight is 273 g/mol.